The molecule has 0 aliphatic heterocycles. The number of carbonyl (C=O) groups excluding carboxylic acids is 1. The molecule has 27 heavy (non-hydrogen) atoms. The van der Waals surface area contributed by atoms with E-state index in [0.717, 1.165) is 12.0 Å². The molecule has 2 aromatic carbocycles. The number of halogens is 1. The molecule has 0 spiro atoms. The van der Waals surface area contributed by atoms with E-state index in [9.17, 15) is 9.18 Å². The van der Waals surface area contributed by atoms with Gasteiger partial charge in [-0.15, -0.1) is 0 Å². The zero-order chi connectivity index (χ0) is 19.4. The van der Waals surface area contributed by atoms with E-state index in [0.29, 0.717) is 23.5 Å². The number of nitrogens with zero attached hydrogens (tertiary/aromatic N) is 3. The smallest absolute Gasteiger partial charge is 0.257 e. The highest BCUT2D eigenvalue weighted by atomic mass is 19.1. The van der Waals surface area contributed by atoms with Gasteiger partial charge in [0.1, 0.15) is 11.5 Å². The molecule has 140 valence electrons. The molecule has 0 saturated heterocycles. The summed E-state index contributed by atoms with van der Waals surface area (Å²) in [6.45, 7) is 6.42. The van der Waals surface area contributed by atoms with E-state index >= 15 is 0 Å². The predicted molar refractivity (Wildman–Crippen MR) is 104 cm³/mol. The van der Waals surface area contributed by atoms with Crippen molar-refractivity contribution < 1.29 is 9.18 Å². The Morgan fingerprint density at radius 3 is 2.48 bits per heavy atom. The Bertz CT molecular complexity index is 920. The lowest BCUT2D eigenvalue weighted by atomic mass is 10.1. The minimum absolute atomic E-state index is 0.0777. The first-order valence-electron chi connectivity index (χ1n) is 9.17. The molecule has 1 heterocycles. The summed E-state index contributed by atoms with van der Waals surface area (Å²) in [6, 6.07) is 16.4. The third-order valence-corrected chi connectivity index (χ3v) is 4.90. The van der Waals surface area contributed by atoms with Gasteiger partial charge in [0, 0.05) is 12.6 Å². The molecule has 1 amide bonds. The van der Waals surface area contributed by atoms with Crippen molar-refractivity contribution in [3.63, 3.8) is 0 Å². The molecule has 0 bridgehead atoms. The SMILES string of the molecule is CCC(C)N(Cc1ccccc1)C(=O)c1cnn(-c2ccccc2F)c1C. The van der Waals surface area contributed by atoms with Crippen molar-refractivity contribution in [3.05, 3.63) is 83.4 Å². The van der Waals surface area contributed by atoms with Crippen molar-refractivity contribution in [1.82, 2.24) is 14.7 Å². The largest absolute Gasteiger partial charge is 0.332 e. The van der Waals surface area contributed by atoms with Crippen LogP contribution >= 0.6 is 0 Å². The average molecular weight is 365 g/mol. The molecule has 0 N–H and O–H groups in total. The summed E-state index contributed by atoms with van der Waals surface area (Å²) in [4.78, 5) is 15.1. The fourth-order valence-corrected chi connectivity index (χ4v) is 3.07. The number of hydrogen-bond donors (Lipinski definition) is 0. The second kappa shape index (κ2) is 8.16. The molecule has 0 aliphatic rings. The van der Waals surface area contributed by atoms with E-state index in [-0.39, 0.29) is 17.8 Å². The van der Waals surface area contributed by atoms with E-state index in [1.807, 2.05) is 42.2 Å². The van der Waals surface area contributed by atoms with Gasteiger partial charge in [-0.25, -0.2) is 9.07 Å². The van der Waals surface area contributed by atoms with E-state index in [4.69, 9.17) is 0 Å². The molecule has 0 radical (unpaired) electrons. The standard InChI is InChI=1S/C22H24FN3O/c1-4-16(2)25(15-18-10-6-5-7-11-18)22(27)19-14-24-26(17(19)3)21-13-9-8-12-20(21)23/h5-14,16H,4,15H2,1-3H3. The van der Waals surface area contributed by atoms with Gasteiger partial charge in [0.25, 0.3) is 5.91 Å². The van der Waals surface area contributed by atoms with Crippen molar-refractivity contribution in [2.45, 2.75) is 39.8 Å². The van der Waals surface area contributed by atoms with Crippen molar-refractivity contribution >= 4 is 5.91 Å². The van der Waals surface area contributed by atoms with Crippen LogP contribution in [0.15, 0.2) is 60.8 Å². The highest BCUT2D eigenvalue weighted by Gasteiger charge is 2.25. The second-order valence-corrected chi connectivity index (χ2v) is 6.68. The van der Waals surface area contributed by atoms with Crippen LogP contribution in [0.4, 0.5) is 4.39 Å². The van der Waals surface area contributed by atoms with Crippen LogP contribution in [-0.2, 0) is 6.54 Å². The predicted octanol–water partition coefficient (Wildman–Crippen LogP) is 4.76. The van der Waals surface area contributed by atoms with E-state index < -0.39 is 0 Å². The van der Waals surface area contributed by atoms with Gasteiger partial charge >= 0.3 is 0 Å². The first kappa shape index (κ1) is 18.8. The van der Waals surface area contributed by atoms with E-state index in [1.165, 1.54) is 16.9 Å². The van der Waals surface area contributed by atoms with Gasteiger partial charge in [-0.2, -0.15) is 5.10 Å². The third-order valence-electron chi connectivity index (χ3n) is 4.90. The van der Waals surface area contributed by atoms with Gasteiger partial charge in [-0.05, 0) is 38.0 Å². The molecule has 3 aromatic rings. The Balaban J connectivity index is 1.94. The Morgan fingerprint density at radius 1 is 1.15 bits per heavy atom. The Kier molecular flexibility index (Phi) is 5.69. The zero-order valence-electron chi connectivity index (χ0n) is 15.9. The minimum Gasteiger partial charge on any atom is -0.332 e. The monoisotopic (exact) mass is 365 g/mol. The molecule has 1 unspecified atom stereocenters. The van der Waals surface area contributed by atoms with Gasteiger partial charge in [-0.3, -0.25) is 4.79 Å². The number of para-hydroxylation sites is 1. The maximum absolute atomic E-state index is 14.1. The quantitative estimate of drug-likeness (QED) is 0.632. The number of rotatable bonds is 6. The lowest BCUT2D eigenvalue weighted by Gasteiger charge is -2.28. The van der Waals surface area contributed by atoms with Crippen LogP contribution < -0.4 is 0 Å². The number of hydrogen-bond acceptors (Lipinski definition) is 2. The van der Waals surface area contributed by atoms with Crippen molar-refractivity contribution in [3.8, 4) is 5.69 Å². The molecule has 5 heteroatoms. The molecule has 3 rings (SSSR count). The molecule has 1 aromatic heterocycles. The van der Waals surface area contributed by atoms with Crippen LogP contribution in [-0.4, -0.2) is 26.6 Å². The summed E-state index contributed by atoms with van der Waals surface area (Å²) in [5.74, 6) is -0.459. The summed E-state index contributed by atoms with van der Waals surface area (Å²) in [7, 11) is 0. The molecule has 0 aliphatic carbocycles. The van der Waals surface area contributed by atoms with Crippen molar-refractivity contribution in [1.29, 1.82) is 0 Å². The number of aromatic nitrogens is 2. The first-order valence-corrected chi connectivity index (χ1v) is 9.17. The second-order valence-electron chi connectivity index (χ2n) is 6.68. The van der Waals surface area contributed by atoms with Crippen molar-refractivity contribution in [2.24, 2.45) is 0 Å². The summed E-state index contributed by atoms with van der Waals surface area (Å²) in [6.07, 6.45) is 2.38. The van der Waals surface area contributed by atoms with Crippen LogP contribution in [0.5, 0.6) is 0 Å². The van der Waals surface area contributed by atoms with Gasteiger partial charge in [0.2, 0.25) is 0 Å². The topological polar surface area (TPSA) is 38.1 Å². The molecule has 1 atom stereocenters. The average Bonchev–Trinajstić information content (AvgIpc) is 3.07. The number of amides is 1. The highest BCUT2D eigenvalue weighted by molar-refractivity contribution is 5.95. The summed E-state index contributed by atoms with van der Waals surface area (Å²) in [5.41, 5.74) is 2.54. The fraction of sp³-hybridized carbons (Fsp3) is 0.273. The van der Waals surface area contributed by atoms with Crippen LogP contribution in [0.25, 0.3) is 5.69 Å². The zero-order valence-corrected chi connectivity index (χ0v) is 15.9. The summed E-state index contributed by atoms with van der Waals surface area (Å²) < 4.78 is 15.6. The number of carbonyl (C=O) groups is 1. The molecular formula is C22H24FN3O. The van der Waals surface area contributed by atoms with Gasteiger partial charge in [0.15, 0.2) is 0 Å². The normalized spacial score (nSPS) is 12.0. The molecule has 0 saturated carbocycles. The van der Waals surface area contributed by atoms with Crippen molar-refractivity contribution in [2.75, 3.05) is 0 Å². The maximum Gasteiger partial charge on any atom is 0.257 e. The highest BCUT2D eigenvalue weighted by Crippen LogP contribution is 2.21. The summed E-state index contributed by atoms with van der Waals surface area (Å²) in [5, 5.41) is 4.27. The number of benzene rings is 2. The summed E-state index contributed by atoms with van der Waals surface area (Å²) >= 11 is 0. The lowest BCUT2D eigenvalue weighted by Crippen LogP contribution is -2.38. The first-order chi connectivity index (χ1) is 13.0. The van der Waals surface area contributed by atoms with Crippen LogP contribution in [0.1, 0.15) is 41.9 Å². The van der Waals surface area contributed by atoms with Crippen LogP contribution in [0, 0.1) is 12.7 Å². The van der Waals surface area contributed by atoms with E-state index in [2.05, 4.69) is 12.0 Å². The molecule has 4 nitrogen and oxygen atoms in total. The van der Waals surface area contributed by atoms with Gasteiger partial charge in [0.05, 0.1) is 17.5 Å². The molecule has 0 fully saturated rings. The molecular weight excluding hydrogens is 341 g/mol. The minimum atomic E-state index is -0.370. The Morgan fingerprint density at radius 2 is 1.81 bits per heavy atom. The van der Waals surface area contributed by atoms with Gasteiger partial charge in [-0.1, -0.05) is 49.4 Å². The van der Waals surface area contributed by atoms with Gasteiger partial charge < -0.3 is 4.90 Å². The lowest BCUT2D eigenvalue weighted by molar-refractivity contribution is 0.0671. The van der Waals surface area contributed by atoms with Crippen LogP contribution in [0.3, 0.4) is 0 Å². The Hall–Kier alpha value is -2.95. The maximum atomic E-state index is 14.1. The Labute approximate surface area is 159 Å². The van der Waals surface area contributed by atoms with Crippen LogP contribution in [0.2, 0.25) is 0 Å². The fourth-order valence-electron chi connectivity index (χ4n) is 3.07. The van der Waals surface area contributed by atoms with E-state index in [1.54, 1.807) is 25.1 Å². The third kappa shape index (κ3) is 3.92.